The molecule has 26 heavy (non-hydrogen) atoms. The van der Waals surface area contributed by atoms with Gasteiger partial charge in [0.25, 0.3) is 5.91 Å². The van der Waals surface area contributed by atoms with Gasteiger partial charge in [0.15, 0.2) is 0 Å². The van der Waals surface area contributed by atoms with Crippen LogP contribution in [0.15, 0.2) is 67.0 Å². The number of carbonyl (C=O) groups is 1. The molecule has 1 aromatic carbocycles. The van der Waals surface area contributed by atoms with Gasteiger partial charge < -0.3 is 5.32 Å². The van der Waals surface area contributed by atoms with Gasteiger partial charge in [0.2, 0.25) is 0 Å². The normalized spacial score (nSPS) is 10.8. The second kappa shape index (κ2) is 6.61. The van der Waals surface area contributed by atoms with Crippen LogP contribution in [0.3, 0.4) is 0 Å². The van der Waals surface area contributed by atoms with Crippen LogP contribution in [0.4, 0.5) is 5.82 Å². The topological polar surface area (TPSA) is 59.3 Å². The standard InChI is InChI=1S/C20H15ClN4O/c1-13-19(17-8-4-5-11-25(17)24-13)14-9-10-18(22-12-14)23-20(26)15-6-2-3-7-16(15)21/h2-12H,1H3,(H,22,23,26). The number of benzene rings is 1. The van der Waals surface area contributed by atoms with Crippen molar-refractivity contribution >= 4 is 28.8 Å². The highest BCUT2D eigenvalue weighted by Gasteiger charge is 2.13. The largest absolute Gasteiger partial charge is 0.307 e. The van der Waals surface area contributed by atoms with E-state index in [0.29, 0.717) is 16.4 Å². The average Bonchev–Trinajstić information content (AvgIpc) is 2.98. The van der Waals surface area contributed by atoms with E-state index in [2.05, 4.69) is 15.4 Å². The number of hydrogen-bond acceptors (Lipinski definition) is 3. The number of halogens is 1. The van der Waals surface area contributed by atoms with E-state index in [9.17, 15) is 4.79 Å². The molecule has 4 aromatic rings. The smallest absolute Gasteiger partial charge is 0.258 e. The van der Waals surface area contributed by atoms with Gasteiger partial charge in [-0.3, -0.25) is 4.79 Å². The quantitative estimate of drug-likeness (QED) is 0.579. The maximum atomic E-state index is 12.3. The van der Waals surface area contributed by atoms with Gasteiger partial charge in [-0.2, -0.15) is 5.10 Å². The fraction of sp³-hybridized carbons (Fsp3) is 0.0500. The minimum absolute atomic E-state index is 0.289. The summed E-state index contributed by atoms with van der Waals surface area (Å²) in [5, 5.41) is 7.69. The summed E-state index contributed by atoms with van der Waals surface area (Å²) in [4.78, 5) is 16.7. The summed E-state index contributed by atoms with van der Waals surface area (Å²) in [7, 11) is 0. The van der Waals surface area contributed by atoms with Gasteiger partial charge in [-0.1, -0.05) is 29.8 Å². The van der Waals surface area contributed by atoms with E-state index in [1.165, 1.54) is 0 Å². The third-order valence-electron chi connectivity index (χ3n) is 4.13. The van der Waals surface area contributed by atoms with Crippen LogP contribution < -0.4 is 5.32 Å². The summed E-state index contributed by atoms with van der Waals surface area (Å²) in [6.45, 7) is 1.97. The van der Waals surface area contributed by atoms with Gasteiger partial charge in [-0.05, 0) is 43.3 Å². The zero-order valence-electron chi connectivity index (χ0n) is 14.0. The minimum atomic E-state index is -0.289. The Morgan fingerprint density at radius 3 is 2.65 bits per heavy atom. The van der Waals surface area contributed by atoms with Crippen molar-refractivity contribution in [2.24, 2.45) is 0 Å². The molecule has 0 aliphatic rings. The number of aryl methyl sites for hydroxylation is 1. The Morgan fingerprint density at radius 2 is 1.88 bits per heavy atom. The van der Waals surface area contributed by atoms with E-state index in [1.54, 1.807) is 36.5 Å². The van der Waals surface area contributed by atoms with Crippen molar-refractivity contribution in [3.63, 3.8) is 0 Å². The second-order valence-corrected chi connectivity index (χ2v) is 6.26. The summed E-state index contributed by atoms with van der Waals surface area (Å²) in [6.07, 6.45) is 3.65. The molecular weight excluding hydrogens is 348 g/mol. The van der Waals surface area contributed by atoms with Gasteiger partial charge in [-0.15, -0.1) is 0 Å². The van der Waals surface area contributed by atoms with E-state index >= 15 is 0 Å². The molecule has 0 radical (unpaired) electrons. The van der Waals surface area contributed by atoms with Crippen LogP contribution in [0, 0.1) is 6.92 Å². The van der Waals surface area contributed by atoms with Gasteiger partial charge in [0.1, 0.15) is 5.82 Å². The molecule has 0 aliphatic carbocycles. The highest BCUT2D eigenvalue weighted by molar-refractivity contribution is 6.34. The lowest BCUT2D eigenvalue weighted by atomic mass is 10.1. The predicted octanol–water partition coefficient (Wildman–Crippen LogP) is 4.61. The third-order valence-corrected chi connectivity index (χ3v) is 4.46. The number of nitrogens with zero attached hydrogens (tertiary/aromatic N) is 3. The van der Waals surface area contributed by atoms with Crippen molar-refractivity contribution < 1.29 is 4.79 Å². The molecule has 0 bridgehead atoms. The molecule has 1 N–H and O–H groups in total. The zero-order chi connectivity index (χ0) is 18.1. The van der Waals surface area contributed by atoms with E-state index in [-0.39, 0.29) is 5.91 Å². The first-order valence-electron chi connectivity index (χ1n) is 8.10. The lowest BCUT2D eigenvalue weighted by Crippen LogP contribution is -2.13. The van der Waals surface area contributed by atoms with Crippen molar-refractivity contribution in [1.29, 1.82) is 0 Å². The van der Waals surface area contributed by atoms with E-state index in [4.69, 9.17) is 11.6 Å². The molecule has 3 heterocycles. The molecule has 4 rings (SSSR count). The molecule has 6 heteroatoms. The number of carbonyl (C=O) groups excluding carboxylic acids is 1. The minimum Gasteiger partial charge on any atom is -0.307 e. The zero-order valence-corrected chi connectivity index (χ0v) is 14.7. The van der Waals surface area contributed by atoms with Gasteiger partial charge >= 0.3 is 0 Å². The number of nitrogens with one attached hydrogen (secondary N) is 1. The second-order valence-electron chi connectivity index (χ2n) is 5.86. The summed E-state index contributed by atoms with van der Waals surface area (Å²) in [5.74, 6) is 0.177. The summed E-state index contributed by atoms with van der Waals surface area (Å²) in [5.41, 5.74) is 4.32. The summed E-state index contributed by atoms with van der Waals surface area (Å²) < 4.78 is 1.84. The van der Waals surface area contributed by atoms with Crippen LogP contribution in [-0.4, -0.2) is 20.5 Å². The Balaban J connectivity index is 1.62. The monoisotopic (exact) mass is 362 g/mol. The fourth-order valence-corrected chi connectivity index (χ4v) is 3.14. The first-order valence-corrected chi connectivity index (χ1v) is 8.47. The van der Waals surface area contributed by atoms with Crippen LogP contribution in [-0.2, 0) is 0 Å². The Kier molecular flexibility index (Phi) is 4.14. The maximum absolute atomic E-state index is 12.3. The molecule has 0 unspecified atom stereocenters. The summed E-state index contributed by atoms with van der Waals surface area (Å²) in [6, 6.07) is 16.5. The maximum Gasteiger partial charge on any atom is 0.258 e. The van der Waals surface area contributed by atoms with Crippen molar-refractivity contribution in [3.8, 4) is 11.1 Å². The molecule has 0 saturated heterocycles. The first kappa shape index (κ1) is 16.3. The third kappa shape index (κ3) is 2.93. The molecule has 0 fully saturated rings. The molecule has 0 aliphatic heterocycles. The molecule has 0 atom stereocenters. The molecule has 3 aromatic heterocycles. The number of anilines is 1. The number of aromatic nitrogens is 3. The first-order chi connectivity index (χ1) is 12.6. The van der Waals surface area contributed by atoms with Crippen molar-refractivity contribution in [3.05, 3.63) is 83.3 Å². The Morgan fingerprint density at radius 1 is 1.08 bits per heavy atom. The fourth-order valence-electron chi connectivity index (χ4n) is 2.92. The van der Waals surface area contributed by atoms with Gasteiger partial charge in [-0.25, -0.2) is 9.50 Å². The molecule has 5 nitrogen and oxygen atoms in total. The van der Waals surface area contributed by atoms with Crippen LogP contribution >= 0.6 is 11.6 Å². The molecule has 1 amide bonds. The van der Waals surface area contributed by atoms with E-state index in [1.807, 2.05) is 41.9 Å². The number of rotatable bonds is 3. The molecular formula is C20H15ClN4O. The van der Waals surface area contributed by atoms with Crippen LogP contribution in [0.1, 0.15) is 16.1 Å². The van der Waals surface area contributed by atoms with Gasteiger partial charge in [0, 0.05) is 23.5 Å². The Hall–Kier alpha value is -3.18. The van der Waals surface area contributed by atoms with E-state index < -0.39 is 0 Å². The molecule has 0 saturated carbocycles. The van der Waals surface area contributed by atoms with Crippen LogP contribution in [0.5, 0.6) is 0 Å². The highest BCUT2D eigenvalue weighted by atomic mass is 35.5. The predicted molar refractivity (Wildman–Crippen MR) is 103 cm³/mol. The Labute approximate surface area is 155 Å². The Bertz CT molecular complexity index is 1100. The van der Waals surface area contributed by atoms with Gasteiger partial charge in [0.05, 0.1) is 21.8 Å². The lowest BCUT2D eigenvalue weighted by molar-refractivity contribution is 0.102. The molecule has 0 spiro atoms. The van der Waals surface area contributed by atoms with Crippen LogP contribution in [0.2, 0.25) is 5.02 Å². The van der Waals surface area contributed by atoms with Crippen molar-refractivity contribution in [1.82, 2.24) is 14.6 Å². The highest BCUT2D eigenvalue weighted by Crippen LogP contribution is 2.28. The van der Waals surface area contributed by atoms with E-state index in [0.717, 1.165) is 22.3 Å². The van der Waals surface area contributed by atoms with Crippen molar-refractivity contribution in [2.75, 3.05) is 5.32 Å². The average molecular weight is 363 g/mol. The lowest BCUT2D eigenvalue weighted by Gasteiger charge is -2.07. The number of fused-ring (bicyclic) bond motifs is 1. The summed E-state index contributed by atoms with van der Waals surface area (Å²) >= 11 is 6.06. The number of amides is 1. The molecule has 128 valence electrons. The SMILES string of the molecule is Cc1nn2ccccc2c1-c1ccc(NC(=O)c2ccccc2Cl)nc1. The number of hydrogen-bond donors (Lipinski definition) is 1. The number of pyridine rings is 2. The van der Waals surface area contributed by atoms with Crippen molar-refractivity contribution in [2.45, 2.75) is 6.92 Å². The van der Waals surface area contributed by atoms with Crippen LogP contribution in [0.25, 0.3) is 16.6 Å².